The minimum absolute atomic E-state index is 0.236. The molecule has 3 atom stereocenters. The zero-order valence-corrected chi connectivity index (χ0v) is 13.0. The zero-order valence-electron chi connectivity index (χ0n) is 13.0. The summed E-state index contributed by atoms with van der Waals surface area (Å²) in [4.78, 5) is 0. The summed E-state index contributed by atoms with van der Waals surface area (Å²) in [6.07, 6.45) is 2.92. The molecule has 0 saturated heterocycles. The molecule has 1 fully saturated rings. The molecule has 1 aliphatic carbocycles. The van der Waals surface area contributed by atoms with Crippen molar-refractivity contribution >= 4 is 0 Å². The average molecular weight is 260 g/mol. The molecule has 0 aliphatic heterocycles. The Hall–Kier alpha value is -0.820. The number of benzene rings is 1. The van der Waals surface area contributed by atoms with Crippen LogP contribution in [0.15, 0.2) is 24.3 Å². The van der Waals surface area contributed by atoms with Gasteiger partial charge >= 0.3 is 0 Å². The molecular formula is C18H28O. The summed E-state index contributed by atoms with van der Waals surface area (Å²) in [5, 5.41) is 10.4. The maximum atomic E-state index is 10.4. The van der Waals surface area contributed by atoms with E-state index in [2.05, 4.69) is 52.0 Å². The average Bonchev–Trinajstić information content (AvgIpc) is 2.28. The van der Waals surface area contributed by atoms with Crippen LogP contribution < -0.4 is 0 Å². The SMILES string of the molecule is Cc1ccc(C2CCC(C)(O)CC2C(C)(C)C)cc1. The van der Waals surface area contributed by atoms with Crippen LogP contribution in [0.3, 0.4) is 0 Å². The normalized spacial score (nSPS) is 32.3. The highest BCUT2D eigenvalue weighted by atomic mass is 16.3. The van der Waals surface area contributed by atoms with E-state index in [1.165, 1.54) is 11.1 Å². The first-order valence-electron chi connectivity index (χ1n) is 7.48. The van der Waals surface area contributed by atoms with E-state index < -0.39 is 5.60 Å². The molecule has 1 aromatic rings. The summed E-state index contributed by atoms with van der Waals surface area (Å²) in [5.41, 5.74) is 2.51. The molecule has 1 heteroatoms. The first kappa shape index (κ1) is 14.6. The van der Waals surface area contributed by atoms with Gasteiger partial charge in [0.1, 0.15) is 0 Å². The van der Waals surface area contributed by atoms with Gasteiger partial charge in [0.05, 0.1) is 5.60 Å². The van der Waals surface area contributed by atoms with Gasteiger partial charge in [0.25, 0.3) is 0 Å². The third-order valence-electron chi connectivity index (χ3n) is 4.76. The highest BCUT2D eigenvalue weighted by molar-refractivity contribution is 5.26. The lowest BCUT2D eigenvalue weighted by Crippen LogP contribution is -2.41. The molecule has 0 bridgehead atoms. The van der Waals surface area contributed by atoms with Crippen LogP contribution in [-0.4, -0.2) is 10.7 Å². The van der Waals surface area contributed by atoms with Gasteiger partial charge in [-0.25, -0.2) is 0 Å². The Balaban J connectivity index is 2.30. The van der Waals surface area contributed by atoms with E-state index >= 15 is 0 Å². The lowest BCUT2D eigenvalue weighted by atomic mass is 9.61. The van der Waals surface area contributed by atoms with Crippen LogP contribution in [0.2, 0.25) is 0 Å². The molecule has 1 N–H and O–H groups in total. The number of hydrogen-bond donors (Lipinski definition) is 1. The Morgan fingerprint density at radius 3 is 2.26 bits per heavy atom. The summed E-state index contributed by atoms with van der Waals surface area (Å²) in [6, 6.07) is 8.97. The van der Waals surface area contributed by atoms with Crippen molar-refractivity contribution < 1.29 is 5.11 Å². The van der Waals surface area contributed by atoms with Crippen LogP contribution in [0.25, 0.3) is 0 Å². The maximum absolute atomic E-state index is 10.4. The first-order chi connectivity index (χ1) is 8.69. The smallest absolute Gasteiger partial charge is 0.0623 e. The molecule has 1 aromatic carbocycles. The topological polar surface area (TPSA) is 20.2 Å². The number of aryl methyl sites for hydroxylation is 1. The Bertz CT molecular complexity index is 422. The van der Waals surface area contributed by atoms with Crippen molar-refractivity contribution in [3.05, 3.63) is 35.4 Å². The van der Waals surface area contributed by atoms with Crippen molar-refractivity contribution in [2.45, 2.75) is 65.4 Å². The third-order valence-corrected chi connectivity index (χ3v) is 4.76. The monoisotopic (exact) mass is 260 g/mol. The van der Waals surface area contributed by atoms with Crippen LogP contribution in [0.1, 0.15) is 64.0 Å². The first-order valence-corrected chi connectivity index (χ1v) is 7.48. The van der Waals surface area contributed by atoms with Crippen LogP contribution >= 0.6 is 0 Å². The van der Waals surface area contributed by atoms with Gasteiger partial charge < -0.3 is 5.11 Å². The summed E-state index contributed by atoms with van der Waals surface area (Å²) >= 11 is 0. The van der Waals surface area contributed by atoms with E-state index in [0.717, 1.165) is 19.3 Å². The van der Waals surface area contributed by atoms with Crippen LogP contribution in [0.4, 0.5) is 0 Å². The van der Waals surface area contributed by atoms with Gasteiger partial charge in [0.2, 0.25) is 0 Å². The van der Waals surface area contributed by atoms with Crippen molar-refractivity contribution in [3.8, 4) is 0 Å². The van der Waals surface area contributed by atoms with E-state index in [-0.39, 0.29) is 5.41 Å². The molecule has 0 aromatic heterocycles. The lowest BCUT2D eigenvalue weighted by Gasteiger charge is -2.46. The second-order valence-electron chi connectivity index (χ2n) is 7.73. The highest BCUT2D eigenvalue weighted by Crippen LogP contribution is 2.49. The molecule has 0 amide bonds. The van der Waals surface area contributed by atoms with Gasteiger partial charge in [-0.05, 0) is 55.9 Å². The van der Waals surface area contributed by atoms with Gasteiger partial charge in [-0.3, -0.25) is 0 Å². The quantitative estimate of drug-likeness (QED) is 0.777. The van der Waals surface area contributed by atoms with Gasteiger partial charge in [0.15, 0.2) is 0 Å². The van der Waals surface area contributed by atoms with E-state index in [1.54, 1.807) is 0 Å². The van der Waals surface area contributed by atoms with Crippen molar-refractivity contribution in [1.82, 2.24) is 0 Å². The van der Waals surface area contributed by atoms with Crippen molar-refractivity contribution in [1.29, 1.82) is 0 Å². The minimum Gasteiger partial charge on any atom is -0.390 e. The number of aliphatic hydroxyl groups is 1. The molecule has 0 spiro atoms. The van der Waals surface area contributed by atoms with E-state index in [1.807, 2.05) is 6.92 Å². The van der Waals surface area contributed by atoms with E-state index in [0.29, 0.717) is 11.8 Å². The van der Waals surface area contributed by atoms with Crippen molar-refractivity contribution in [2.24, 2.45) is 11.3 Å². The predicted octanol–water partition coefficient (Wildman–Crippen LogP) is 4.68. The Morgan fingerprint density at radius 2 is 1.74 bits per heavy atom. The van der Waals surface area contributed by atoms with Gasteiger partial charge in [-0.1, -0.05) is 50.6 Å². The fourth-order valence-electron chi connectivity index (χ4n) is 3.51. The minimum atomic E-state index is -0.487. The highest BCUT2D eigenvalue weighted by Gasteiger charge is 2.42. The molecule has 0 heterocycles. The Morgan fingerprint density at radius 1 is 1.16 bits per heavy atom. The standard InChI is InChI=1S/C18H28O/c1-13-6-8-14(9-7-13)15-10-11-18(5,19)12-16(15)17(2,3)4/h6-9,15-16,19H,10-12H2,1-5H3. The largest absolute Gasteiger partial charge is 0.390 e. The van der Waals surface area contributed by atoms with Crippen LogP contribution in [0, 0.1) is 18.3 Å². The molecule has 106 valence electrons. The summed E-state index contributed by atoms with van der Waals surface area (Å²) in [5.74, 6) is 1.12. The van der Waals surface area contributed by atoms with Gasteiger partial charge in [0, 0.05) is 0 Å². The summed E-state index contributed by atoms with van der Waals surface area (Å²) < 4.78 is 0. The maximum Gasteiger partial charge on any atom is 0.0623 e. The van der Waals surface area contributed by atoms with Gasteiger partial charge in [-0.2, -0.15) is 0 Å². The third kappa shape index (κ3) is 3.39. The van der Waals surface area contributed by atoms with E-state index in [4.69, 9.17) is 0 Å². The Labute approximate surface area is 118 Å². The zero-order chi connectivity index (χ0) is 14.3. The van der Waals surface area contributed by atoms with Crippen LogP contribution in [-0.2, 0) is 0 Å². The van der Waals surface area contributed by atoms with E-state index in [9.17, 15) is 5.11 Å². The molecular weight excluding hydrogens is 232 g/mol. The predicted molar refractivity (Wildman–Crippen MR) is 81.3 cm³/mol. The molecule has 1 saturated carbocycles. The summed E-state index contributed by atoms with van der Waals surface area (Å²) in [6.45, 7) is 11.1. The molecule has 1 nitrogen and oxygen atoms in total. The molecule has 2 rings (SSSR count). The molecule has 3 unspecified atom stereocenters. The molecule has 19 heavy (non-hydrogen) atoms. The van der Waals surface area contributed by atoms with Crippen molar-refractivity contribution in [3.63, 3.8) is 0 Å². The fraction of sp³-hybridized carbons (Fsp3) is 0.667. The molecule has 0 radical (unpaired) electrons. The van der Waals surface area contributed by atoms with Crippen LogP contribution in [0.5, 0.6) is 0 Å². The lowest BCUT2D eigenvalue weighted by molar-refractivity contribution is -0.0331. The summed E-state index contributed by atoms with van der Waals surface area (Å²) in [7, 11) is 0. The fourth-order valence-corrected chi connectivity index (χ4v) is 3.51. The van der Waals surface area contributed by atoms with Crippen molar-refractivity contribution in [2.75, 3.05) is 0 Å². The second kappa shape index (κ2) is 4.94. The van der Waals surface area contributed by atoms with Gasteiger partial charge in [-0.15, -0.1) is 0 Å². The Kier molecular flexibility index (Phi) is 3.79. The number of rotatable bonds is 1. The number of hydrogen-bond acceptors (Lipinski definition) is 1. The second-order valence-corrected chi connectivity index (χ2v) is 7.73. The molecule has 1 aliphatic rings.